The Labute approximate surface area is 233 Å². The second-order valence-electron chi connectivity index (χ2n) is 9.86. The van der Waals surface area contributed by atoms with Crippen LogP contribution in [0.5, 0.6) is 0 Å². The molecule has 1 heterocycles. The minimum absolute atomic E-state index is 0.149. The van der Waals surface area contributed by atoms with E-state index in [4.69, 9.17) is 27.9 Å². The first-order valence-corrected chi connectivity index (χ1v) is 13.4. The van der Waals surface area contributed by atoms with Gasteiger partial charge in [0.15, 0.2) is 0 Å². The number of aliphatic hydroxyl groups excluding tert-OH is 1. The van der Waals surface area contributed by atoms with Crippen molar-refractivity contribution in [2.24, 2.45) is 5.92 Å². The zero-order chi connectivity index (χ0) is 27.4. The number of carbonyl (C=O) groups excluding carboxylic acids is 2. The summed E-state index contributed by atoms with van der Waals surface area (Å²) in [5.41, 5.74) is 3.66. The van der Waals surface area contributed by atoms with E-state index in [0.29, 0.717) is 34.3 Å². The molecule has 0 aliphatic carbocycles. The number of hydrogen-bond acceptors (Lipinski definition) is 4. The maximum Gasteiger partial charge on any atom is 0.254 e. The van der Waals surface area contributed by atoms with Gasteiger partial charge in [0.25, 0.3) is 11.8 Å². The molecule has 0 spiro atoms. The minimum Gasteiger partial charge on any atom is -0.394 e. The summed E-state index contributed by atoms with van der Waals surface area (Å²) < 4.78 is 6.48. The topological polar surface area (TPSA) is 70.1 Å². The van der Waals surface area contributed by atoms with Crippen molar-refractivity contribution in [1.82, 2.24) is 9.80 Å². The van der Waals surface area contributed by atoms with Gasteiger partial charge in [0.1, 0.15) is 0 Å². The van der Waals surface area contributed by atoms with Crippen LogP contribution >= 0.6 is 23.2 Å². The lowest BCUT2D eigenvalue weighted by atomic mass is 9.94. The first-order chi connectivity index (χ1) is 18.2. The monoisotopic (exact) mass is 554 g/mol. The standard InChI is InChI=1S/C30H32Cl2N2O4/c1-19-15-34(20(2)17-35)30(37)27-11-7-6-10-26(27)25-9-5-4-8-21(25)18-38-28(19)16-33(3)29(36)22-12-23(31)14-24(32)13-22/h4-14,19-20,28,35H,15-18H2,1-3H3/t19-,20+,28+/m0/s1. The second-order valence-corrected chi connectivity index (χ2v) is 10.7. The van der Waals surface area contributed by atoms with Crippen LogP contribution in [0, 0.1) is 5.92 Å². The molecule has 0 bridgehead atoms. The number of hydrogen-bond donors (Lipinski definition) is 1. The van der Waals surface area contributed by atoms with Gasteiger partial charge in [0.05, 0.1) is 25.4 Å². The van der Waals surface area contributed by atoms with E-state index in [2.05, 4.69) is 0 Å². The van der Waals surface area contributed by atoms with Gasteiger partial charge in [-0.1, -0.05) is 72.6 Å². The van der Waals surface area contributed by atoms with Crippen LogP contribution in [0.3, 0.4) is 0 Å². The van der Waals surface area contributed by atoms with Crippen LogP contribution in [0.2, 0.25) is 10.0 Å². The third-order valence-electron chi connectivity index (χ3n) is 7.00. The molecule has 0 unspecified atom stereocenters. The molecule has 3 aromatic carbocycles. The number of nitrogens with zero attached hydrogens (tertiary/aromatic N) is 2. The Hall–Kier alpha value is -2.90. The molecular formula is C30H32Cl2N2O4. The Balaban J connectivity index is 1.70. The summed E-state index contributed by atoms with van der Waals surface area (Å²) in [6, 6.07) is 19.8. The van der Waals surface area contributed by atoms with Crippen LogP contribution in [0.4, 0.5) is 0 Å². The van der Waals surface area contributed by atoms with Crippen molar-refractivity contribution in [3.05, 3.63) is 93.5 Å². The number of likely N-dealkylation sites (N-methyl/N-ethyl adjacent to an activating group) is 1. The lowest BCUT2D eigenvalue weighted by Gasteiger charge is -2.35. The Morgan fingerprint density at radius 2 is 1.66 bits per heavy atom. The van der Waals surface area contributed by atoms with Gasteiger partial charge < -0.3 is 19.6 Å². The largest absolute Gasteiger partial charge is 0.394 e. The molecule has 2 amide bonds. The summed E-state index contributed by atoms with van der Waals surface area (Å²) >= 11 is 12.2. The fraction of sp³-hybridized carbons (Fsp3) is 0.333. The number of ether oxygens (including phenoxy) is 1. The van der Waals surface area contributed by atoms with E-state index < -0.39 is 12.1 Å². The predicted molar refractivity (Wildman–Crippen MR) is 151 cm³/mol. The molecular weight excluding hydrogens is 523 g/mol. The Morgan fingerprint density at radius 1 is 1.05 bits per heavy atom. The maximum absolute atomic E-state index is 13.9. The Morgan fingerprint density at radius 3 is 2.32 bits per heavy atom. The molecule has 8 heteroatoms. The Kier molecular flexibility index (Phi) is 9.11. The van der Waals surface area contributed by atoms with Crippen molar-refractivity contribution in [3.63, 3.8) is 0 Å². The minimum atomic E-state index is -0.400. The fourth-order valence-corrected chi connectivity index (χ4v) is 5.33. The molecule has 0 aromatic heterocycles. The van der Waals surface area contributed by atoms with Gasteiger partial charge in [-0.3, -0.25) is 9.59 Å². The van der Waals surface area contributed by atoms with Crippen LogP contribution in [0.15, 0.2) is 66.7 Å². The van der Waals surface area contributed by atoms with E-state index in [1.807, 2.05) is 62.4 Å². The lowest BCUT2D eigenvalue weighted by molar-refractivity contribution is -0.0209. The molecule has 4 rings (SSSR count). The summed E-state index contributed by atoms with van der Waals surface area (Å²) in [7, 11) is 1.71. The predicted octanol–water partition coefficient (Wildman–Crippen LogP) is 5.79. The van der Waals surface area contributed by atoms with Crippen molar-refractivity contribution >= 4 is 35.0 Å². The van der Waals surface area contributed by atoms with Crippen molar-refractivity contribution in [2.75, 3.05) is 26.7 Å². The molecule has 1 N–H and O–H groups in total. The molecule has 0 radical (unpaired) electrons. The summed E-state index contributed by atoms with van der Waals surface area (Å²) in [6.07, 6.45) is -0.394. The molecule has 200 valence electrons. The average molecular weight is 556 g/mol. The van der Waals surface area contributed by atoms with Crippen LogP contribution in [0.25, 0.3) is 11.1 Å². The van der Waals surface area contributed by atoms with Crippen LogP contribution < -0.4 is 0 Å². The highest BCUT2D eigenvalue weighted by Crippen LogP contribution is 2.31. The zero-order valence-electron chi connectivity index (χ0n) is 21.7. The molecule has 3 atom stereocenters. The number of rotatable bonds is 5. The highest BCUT2D eigenvalue weighted by atomic mass is 35.5. The second kappa shape index (κ2) is 12.3. The highest BCUT2D eigenvalue weighted by molar-refractivity contribution is 6.35. The molecule has 0 saturated heterocycles. The first-order valence-electron chi connectivity index (χ1n) is 12.6. The van der Waals surface area contributed by atoms with Gasteiger partial charge in [-0.05, 0) is 47.9 Å². The lowest BCUT2D eigenvalue weighted by Crippen LogP contribution is -2.47. The van der Waals surface area contributed by atoms with Crippen molar-refractivity contribution in [2.45, 2.75) is 32.6 Å². The number of halogens is 2. The molecule has 6 nitrogen and oxygen atoms in total. The fourth-order valence-electron chi connectivity index (χ4n) is 4.80. The average Bonchev–Trinajstić information content (AvgIpc) is 2.93. The zero-order valence-corrected chi connectivity index (χ0v) is 23.2. The summed E-state index contributed by atoms with van der Waals surface area (Å²) in [6.45, 7) is 4.61. The van der Waals surface area contributed by atoms with E-state index in [1.54, 1.807) is 35.0 Å². The van der Waals surface area contributed by atoms with Gasteiger partial charge in [-0.25, -0.2) is 0 Å². The molecule has 0 saturated carbocycles. The van der Waals surface area contributed by atoms with Crippen LogP contribution in [0.1, 0.15) is 40.1 Å². The summed E-state index contributed by atoms with van der Waals surface area (Å²) in [5.74, 6) is -0.532. The van der Waals surface area contributed by atoms with Crippen molar-refractivity contribution < 1.29 is 19.4 Å². The highest BCUT2D eigenvalue weighted by Gasteiger charge is 2.31. The molecule has 38 heavy (non-hydrogen) atoms. The third kappa shape index (κ3) is 6.21. The summed E-state index contributed by atoms with van der Waals surface area (Å²) in [5, 5.41) is 10.8. The number of carbonyl (C=O) groups is 2. The third-order valence-corrected chi connectivity index (χ3v) is 7.44. The van der Waals surface area contributed by atoms with E-state index in [1.165, 1.54) is 0 Å². The SMILES string of the molecule is C[C@H](CO)N1C[C@H](C)[C@@H](CN(C)C(=O)c2cc(Cl)cc(Cl)c2)OCc2ccccc2-c2ccccc2C1=O. The molecule has 3 aromatic rings. The van der Waals surface area contributed by atoms with E-state index in [-0.39, 0.29) is 30.9 Å². The molecule has 0 fully saturated rings. The Bertz CT molecular complexity index is 1290. The first kappa shape index (κ1) is 28.1. The van der Waals surface area contributed by atoms with Crippen LogP contribution in [-0.2, 0) is 11.3 Å². The molecule has 1 aliphatic rings. The van der Waals surface area contributed by atoms with E-state index in [9.17, 15) is 14.7 Å². The van der Waals surface area contributed by atoms with Gasteiger partial charge in [-0.2, -0.15) is 0 Å². The van der Waals surface area contributed by atoms with Crippen molar-refractivity contribution in [3.8, 4) is 11.1 Å². The number of fused-ring (bicyclic) bond motifs is 3. The van der Waals surface area contributed by atoms with Gasteiger partial charge in [0.2, 0.25) is 0 Å². The van der Waals surface area contributed by atoms with Gasteiger partial charge in [-0.15, -0.1) is 0 Å². The van der Waals surface area contributed by atoms with Crippen molar-refractivity contribution in [1.29, 1.82) is 0 Å². The van der Waals surface area contributed by atoms with Gasteiger partial charge in [0, 0.05) is 47.2 Å². The van der Waals surface area contributed by atoms with Gasteiger partial charge >= 0.3 is 0 Å². The number of aliphatic hydroxyl groups is 1. The van der Waals surface area contributed by atoms with E-state index >= 15 is 0 Å². The molecule has 1 aliphatic heterocycles. The van der Waals surface area contributed by atoms with E-state index in [0.717, 1.165) is 16.7 Å². The number of benzene rings is 3. The quantitative estimate of drug-likeness (QED) is 0.433. The smallest absolute Gasteiger partial charge is 0.254 e. The summed E-state index contributed by atoms with van der Waals surface area (Å²) in [4.78, 5) is 30.4. The number of amides is 2. The van der Waals surface area contributed by atoms with Crippen LogP contribution in [-0.4, -0.2) is 65.6 Å². The normalized spacial score (nSPS) is 18.7. The maximum atomic E-state index is 13.9.